The molecule has 15 heavy (non-hydrogen) atoms. The van der Waals surface area contributed by atoms with Gasteiger partial charge >= 0.3 is 7.60 Å². The molecule has 0 radical (unpaired) electrons. The topological polar surface area (TPSA) is 47.6 Å². The van der Waals surface area contributed by atoms with E-state index < -0.39 is 7.60 Å². The van der Waals surface area contributed by atoms with Crippen LogP contribution in [0.5, 0.6) is 0 Å². The fourth-order valence-electron chi connectivity index (χ4n) is 0.736. The number of hydrogen-bond donors (Lipinski definition) is 1. The van der Waals surface area contributed by atoms with Gasteiger partial charge in [0.15, 0.2) is 4.77 Å². The maximum atomic E-state index is 11.8. The molecule has 1 N–H and O–H groups in total. The van der Waals surface area contributed by atoms with E-state index in [2.05, 4.69) is 5.32 Å². The minimum Gasteiger partial charge on any atom is -0.370 e. The van der Waals surface area contributed by atoms with Crippen molar-refractivity contribution in [2.45, 2.75) is 26.3 Å². The first kappa shape index (κ1) is 15.3. The van der Waals surface area contributed by atoms with Gasteiger partial charge in [0.2, 0.25) is 0 Å². The van der Waals surface area contributed by atoms with Crippen LogP contribution in [0.3, 0.4) is 0 Å². The minimum atomic E-state index is -3.46. The summed E-state index contributed by atoms with van der Waals surface area (Å²) in [5, 5.41) is 2.94. The second-order valence-corrected chi connectivity index (χ2v) is 7.03. The van der Waals surface area contributed by atoms with Crippen LogP contribution >= 0.6 is 30.8 Å². The molecule has 90 valence electrons. The van der Waals surface area contributed by atoms with Crippen molar-refractivity contribution >= 4 is 30.8 Å². The summed E-state index contributed by atoms with van der Waals surface area (Å²) in [5.74, 6) is 0. The van der Waals surface area contributed by atoms with Gasteiger partial charge < -0.3 is 14.4 Å². The molecule has 0 spiro atoms. The first-order chi connectivity index (χ1) is 6.66. The summed E-state index contributed by atoms with van der Waals surface area (Å²) in [6.45, 7) is 5.68. The quantitative estimate of drug-likeness (QED) is 0.631. The Morgan fingerprint density at radius 2 is 1.60 bits per heavy atom. The lowest BCUT2D eigenvalue weighted by Gasteiger charge is -2.23. The van der Waals surface area contributed by atoms with Gasteiger partial charge in [-0.25, -0.2) is 0 Å². The molecule has 0 saturated carbocycles. The van der Waals surface area contributed by atoms with E-state index >= 15 is 0 Å². The highest BCUT2D eigenvalue weighted by Gasteiger charge is 2.30. The molecule has 0 atom stereocenters. The van der Waals surface area contributed by atoms with Crippen LogP contribution in [0.4, 0.5) is 0 Å². The molecule has 0 aromatic heterocycles. The van der Waals surface area contributed by atoms with Crippen molar-refractivity contribution in [2.24, 2.45) is 0 Å². The number of nitrogens with one attached hydrogen (secondary N) is 1. The van der Waals surface area contributed by atoms with Gasteiger partial charge in [-0.2, -0.15) is 0 Å². The van der Waals surface area contributed by atoms with Gasteiger partial charge in [-0.15, -0.1) is 0 Å². The van der Waals surface area contributed by atoms with Crippen molar-refractivity contribution in [1.82, 2.24) is 5.32 Å². The first-order valence-corrected chi connectivity index (χ1v) is 6.51. The van der Waals surface area contributed by atoms with E-state index in [1.165, 1.54) is 14.2 Å². The molecule has 7 heteroatoms. The van der Waals surface area contributed by atoms with Crippen molar-refractivity contribution in [3.05, 3.63) is 9.93 Å². The summed E-state index contributed by atoms with van der Waals surface area (Å²) in [6.07, 6.45) is 0. The molecule has 0 aromatic carbocycles. The third-order valence-corrected chi connectivity index (χ3v) is 4.37. The maximum absolute atomic E-state index is 11.8. The van der Waals surface area contributed by atoms with Crippen molar-refractivity contribution in [2.75, 3.05) is 14.2 Å². The van der Waals surface area contributed by atoms with E-state index in [1.807, 2.05) is 20.8 Å². The van der Waals surface area contributed by atoms with E-state index in [0.717, 1.165) is 0 Å². The van der Waals surface area contributed by atoms with Gasteiger partial charge in [0.25, 0.3) is 0 Å². The molecule has 0 aliphatic carbocycles. The molecule has 0 aliphatic heterocycles. The monoisotopic (exact) mass is 275 g/mol. The zero-order chi connectivity index (χ0) is 12.3. The Bertz CT molecular complexity index is 291. The van der Waals surface area contributed by atoms with E-state index in [1.54, 1.807) is 0 Å². The standard InChI is InChI=1S/C8H16Cl2NO3P/c1-8(2,3)11-6(9)7(10)15(12,13-4)14-5/h11H,1-5H3/b7-6-. The molecule has 0 aromatic rings. The largest absolute Gasteiger partial charge is 0.375 e. The molecule has 0 amide bonds. The molecule has 0 fully saturated rings. The van der Waals surface area contributed by atoms with Crippen LogP contribution in [-0.2, 0) is 13.6 Å². The van der Waals surface area contributed by atoms with Gasteiger partial charge in [-0.3, -0.25) is 4.57 Å². The molecule has 0 unspecified atom stereocenters. The Kier molecular flexibility index (Phi) is 5.65. The average Bonchev–Trinajstić information content (AvgIpc) is 2.12. The summed E-state index contributed by atoms with van der Waals surface area (Å²) in [7, 11) is -0.976. The van der Waals surface area contributed by atoms with Crippen LogP contribution in [-0.4, -0.2) is 19.8 Å². The highest BCUT2D eigenvalue weighted by Crippen LogP contribution is 2.57. The van der Waals surface area contributed by atoms with Crippen molar-refractivity contribution < 1.29 is 13.6 Å². The van der Waals surface area contributed by atoms with Crippen molar-refractivity contribution in [1.29, 1.82) is 0 Å². The zero-order valence-electron chi connectivity index (χ0n) is 9.43. The Morgan fingerprint density at radius 3 is 1.87 bits per heavy atom. The maximum Gasteiger partial charge on any atom is 0.375 e. The van der Waals surface area contributed by atoms with Crippen LogP contribution in [0, 0.1) is 0 Å². The summed E-state index contributed by atoms with van der Waals surface area (Å²) in [6, 6.07) is 0. The Labute approximate surface area is 100 Å². The molecular weight excluding hydrogens is 260 g/mol. The SMILES string of the molecule is COP(=O)(OC)/C(Cl)=C(/Cl)NC(C)(C)C. The fraction of sp³-hybridized carbons (Fsp3) is 0.750. The molecular formula is C8H16Cl2NO3P. The van der Waals surface area contributed by atoms with Crippen LogP contribution in [0.1, 0.15) is 20.8 Å². The van der Waals surface area contributed by atoms with Crippen molar-refractivity contribution in [3.63, 3.8) is 0 Å². The van der Waals surface area contributed by atoms with Gasteiger partial charge in [0.1, 0.15) is 5.16 Å². The average molecular weight is 276 g/mol. The smallest absolute Gasteiger partial charge is 0.370 e. The van der Waals surface area contributed by atoms with E-state index in [4.69, 9.17) is 32.2 Å². The van der Waals surface area contributed by atoms with Gasteiger partial charge in [0, 0.05) is 19.8 Å². The Morgan fingerprint density at radius 1 is 1.20 bits per heavy atom. The molecule has 0 aliphatic rings. The highest BCUT2D eigenvalue weighted by molar-refractivity contribution is 7.61. The van der Waals surface area contributed by atoms with E-state index in [0.29, 0.717) is 0 Å². The normalized spacial score (nSPS) is 14.9. The third kappa shape index (κ3) is 4.75. The number of rotatable bonds is 4. The second kappa shape index (κ2) is 5.55. The summed E-state index contributed by atoms with van der Waals surface area (Å²) >= 11 is 11.7. The van der Waals surface area contributed by atoms with Gasteiger partial charge in [-0.05, 0) is 20.8 Å². The Hall–Kier alpha value is 0.270. The number of hydrogen-bond acceptors (Lipinski definition) is 4. The lowest BCUT2D eigenvalue weighted by molar-refractivity contribution is 0.284. The van der Waals surface area contributed by atoms with Crippen LogP contribution < -0.4 is 5.32 Å². The van der Waals surface area contributed by atoms with Crippen LogP contribution in [0.15, 0.2) is 9.93 Å². The lowest BCUT2D eigenvalue weighted by Crippen LogP contribution is -2.33. The predicted molar refractivity (Wildman–Crippen MR) is 63.2 cm³/mol. The highest BCUT2D eigenvalue weighted by atomic mass is 35.5. The fourth-order valence-corrected chi connectivity index (χ4v) is 2.56. The molecule has 0 heterocycles. The number of halogens is 2. The predicted octanol–water partition coefficient (Wildman–Crippen LogP) is 3.46. The molecule has 0 rings (SSSR count). The lowest BCUT2D eigenvalue weighted by atomic mass is 10.1. The molecule has 0 bridgehead atoms. The minimum absolute atomic E-state index is 0.0659. The first-order valence-electron chi connectivity index (χ1n) is 4.22. The van der Waals surface area contributed by atoms with Gasteiger partial charge in [0.05, 0.1) is 0 Å². The van der Waals surface area contributed by atoms with Gasteiger partial charge in [-0.1, -0.05) is 23.2 Å². The molecule has 0 saturated heterocycles. The summed E-state index contributed by atoms with van der Waals surface area (Å²) in [4.78, 5) is 0. The van der Waals surface area contributed by atoms with E-state index in [-0.39, 0.29) is 15.5 Å². The van der Waals surface area contributed by atoms with Crippen molar-refractivity contribution in [3.8, 4) is 0 Å². The van der Waals surface area contributed by atoms with E-state index in [9.17, 15) is 4.57 Å². The van der Waals surface area contributed by atoms with Crippen LogP contribution in [0.2, 0.25) is 0 Å². The van der Waals surface area contributed by atoms with Crippen LogP contribution in [0.25, 0.3) is 0 Å². The Balaban J connectivity index is 5.01. The molecule has 4 nitrogen and oxygen atoms in total. The second-order valence-electron chi connectivity index (χ2n) is 3.84. The summed E-state index contributed by atoms with van der Waals surface area (Å²) < 4.78 is 21.1. The summed E-state index contributed by atoms with van der Waals surface area (Å²) in [5.41, 5.74) is -0.288. The third-order valence-electron chi connectivity index (χ3n) is 1.39. The zero-order valence-corrected chi connectivity index (χ0v) is 11.8.